The van der Waals surface area contributed by atoms with Gasteiger partial charge in [-0.05, 0) is 12.8 Å². The lowest BCUT2D eigenvalue weighted by Crippen LogP contribution is -2.36. The van der Waals surface area contributed by atoms with Crippen molar-refractivity contribution in [3.05, 3.63) is 0 Å². The zero-order chi connectivity index (χ0) is 9.14. The van der Waals surface area contributed by atoms with Gasteiger partial charge >= 0.3 is 11.9 Å². The molecule has 1 saturated heterocycles. The summed E-state index contributed by atoms with van der Waals surface area (Å²) in [5.41, 5.74) is 0. The minimum Gasteiger partial charge on any atom is -0.481 e. The van der Waals surface area contributed by atoms with Crippen molar-refractivity contribution in [3.8, 4) is 0 Å². The predicted molar refractivity (Wildman–Crippen MR) is 39.8 cm³/mol. The molecule has 3 N–H and O–H groups in total. The van der Waals surface area contributed by atoms with Crippen molar-refractivity contribution < 1.29 is 19.8 Å². The van der Waals surface area contributed by atoms with Crippen molar-refractivity contribution in [1.29, 1.82) is 0 Å². The summed E-state index contributed by atoms with van der Waals surface area (Å²) in [7, 11) is 0. The molecule has 1 rings (SSSR count). The second-order valence-electron chi connectivity index (χ2n) is 2.93. The van der Waals surface area contributed by atoms with E-state index in [0.29, 0.717) is 12.8 Å². The molecule has 0 aromatic heterocycles. The fraction of sp³-hybridized carbons (Fsp3) is 0.714. The first kappa shape index (κ1) is 8.99. The fourth-order valence-corrected chi connectivity index (χ4v) is 1.39. The van der Waals surface area contributed by atoms with E-state index < -0.39 is 18.0 Å². The van der Waals surface area contributed by atoms with E-state index in [-0.39, 0.29) is 12.5 Å². The van der Waals surface area contributed by atoms with Crippen LogP contribution in [-0.2, 0) is 9.59 Å². The van der Waals surface area contributed by atoms with E-state index in [0.717, 1.165) is 0 Å². The molecule has 0 aromatic rings. The van der Waals surface area contributed by atoms with E-state index in [1.54, 1.807) is 0 Å². The predicted octanol–water partition coefficient (Wildman–Crippen LogP) is -0.334. The molecule has 5 nitrogen and oxygen atoms in total. The molecule has 1 aliphatic heterocycles. The summed E-state index contributed by atoms with van der Waals surface area (Å²) in [6.07, 6.45) is 1.15. The number of carboxylic acids is 2. The molecule has 1 aliphatic rings. The molecule has 0 bridgehead atoms. The van der Waals surface area contributed by atoms with Crippen molar-refractivity contribution >= 4 is 11.9 Å². The SMILES string of the molecule is O=C(O)C[C@H]1CC[C@@H](C(=O)O)N1. The summed E-state index contributed by atoms with van der Waals surface area (Å²) in [5.74, 6) is -1.79. The molecule has 0 spiro atoms. The van der Waals surface area contributed by atoms with Gasteiger partial charge in [-0.3, -0.25) is 9.59 Å². The molecule has 0 aromatic carbocycles. The minimum absolute atomic E-state index is 0.00375. The van der Waals surface area contributed by atoms with E-state index in [1.165, 1.54) is 0 Å². The maximum Gasteiger partial charge on any atom is 0.320 e. The van der Waals surface area contributed by atoms with Gasteiger partial charge in [-0.2, -0.15) is 0 Å². The zero-order valence-corrected chi connectivity index (χ0v) is 6.49. The van der Waals surface area contributed by atoms with Crippen molar-refractivity contribution in [2.24, 2.45) is 0 Å². The van der Waals surface area contributed by atoms with Crippen LogP contribution in [-0.4, -0.2) is 34.2 Å². The first-order valence-electron chi connectivity index (χ1n) is 3.80. The third-order valence-electron chi connectivity index (χ3n) is 1.96. The second kappa shape index (κ2) is 3.53. The molecule has 12 heavy (non-hydrogen) atoms. The van der Waals surface area contributed by atoms with Crippen LogP contribution in [0.15, 0.2) is 0 Å². The van der Waals surface area contributed by atoms with Crippen LogP contribution in [0.4, 0.5) is 0 Å². The standard InChI is InChI=1S/C7H11NO4/c9-6(10)3-4-1-2-5(8-4)7(11)12/h4-5,8H,1-3H2,(H,9,10)(H,11,12)/t4-,5+/m1/s1. The Morgan fingerprint density at radius 1 is 1.33 bits per heavy atom. The Morgan fingerprint density at radius 2 is 2.00 bits per heavy atom. The number of carboxylic acid groups (broad SMARTS) is 2. The Balaban J connectivity index is 2.35. The smallest absolute Gasteiger partial charge is 0.320 e. The van der Waals surface area contributed by atoms with Crippen molar-refractivity contribution in [2.45, 2.75) is 31.3 Å². The molecule has 0 amide bonds. The Labute approximate surface area is 69.4 Å². The van der Waals surface area contributed by atoms with Crippen molar-refractivity contribution in [3.63, 3.8) is 0 Å². The number of hydrogen-bond donors (Lipinski definition) is 3. The van der Waals surface area contributed by atoms with Crippen LogP contribution in [0.25, 0.3) is 0 Å². The summed E-state index contributed by atoms with van der Waals surface area (Å²) in [5, 5.41) is 19.7. The maximum atomic E-state index is 10.4. The number of hydrogen-bond acceptors (Lipinski definition) is 3. The third-order valence-corrected chi connectivity index (χ3v) is 1.96. The van der Waals surface area contributed by atoms with E-state index in [4.69, 9.17) is 10.2 Å². The first-order chi connectivity index (χ1) is 5.59. The van der Waals surface area contributed by atoms with Crippen LogP contribution in [0.1, 0.15) is 19.3 Å². The zero-order valence-electron chi connectivity index (χ0n) is 6.49. The van der Waals surface area contributed by atoms with Gasteiger partial charge in [0.25, 0.3) is 0 Å². The highest BCUT2D eigenvalue weighted by Gasteiger charge is 2.29. The van der Waals surface area contributed by atoms with Crippen molar-refractivity contribution in [2.75, 3.05) is 0 Å². The summed E-state index contributed by atoms with van der Waals surface area (Å²) >= 11 is 0. The molecule has 5 heteroatoms. The van der Waals surface area contributed by atoms with Gasteiger partial charge in [0, 0.05) is 6.04 Å². The molecule has 0 radical (unpaired) electrons. The van der Waals surface area contributed by atoms with Gasteiger partial charge in [-0.25, -0.2) is 0 Å². The quantitative estimate of drug-likeness (QED) is 0.543. The van der Waals surface area contributed by atoms with Crippen LogP contribution in [0.5, 0.6) is 0 Å². The summed E-state index contributed by atoms with van der Waals surface area (Å²) in [4.78, 5) is 20.7. The molecule has 0 saturated carbocycles. The van der Waals surface area contributed by atoms with Crippen LogP contribution < -0.4 is 5.32 Å². The summed E-state index contributed by atoms with van der Waals surface area (Å²) in [6, 6.07) is -0.738. The lowest BCUT2D eigenvalue weighted by atomic mass is 10.1. The normalized spacial score (nSPS) is 28.7. The van der Waals surface area contributed by atoms with Gasteiger partial charge in [-0.1, -0.05) is 0 Å². The second-order valence-corrected chi connectivity index (χ2v) is 2.93. The lowest BCUT2D eigenvalue weighted by molar-refractivity contribution is -0.140. The number of rotatable bonds is 3. The molecule has 2 atom stereocenters. The Bertz CT molecular complexity index is 204. The number of nitrogens with one attached hydrogen (secondary N) is 1. The van der Waals surface area contributed by atoms with Gasteiger partial charge in [-0.15, -0.1) is 0 Å². The lowest BCUT2D eigenvalue weighted by Gasteiger charge is -2.07. The molecule has 68 valence electrons. The Morgan fingerprint density at radius 3 is 2.42 bits per heavy atom. The minimum atomic E-state index is -0.900. The number of carbonyl (C=O) groups is 2. The molecule has 1 heterocycles. The average molecular weight is 173 g/mol. The topological polar surface area (TPSA) is 86.6 Å². The van der Waals surface area contributed by atoms with E-state index in [1.807, 2.05) is 0 Å². The molecular weight excluding hydrogens is 162 g/mol. The molecular formula is C7H11NO4. The van der Waals surface area contributed by atoms with Gasteiger partial charge in [0.15, 0.2) is 0 Å². The van der Waals surface area contributed by atoms with Crippen LogP contribution in [0.2, 0.25) is 0 Å². The number of aliphatic carboxylic acids is 2. The fourth-order valence-electron chi connectivity index (χ4n) is 1.39. The summed E-state index contributed by atoms with van der Waals surface area (Å²) < 4.78 is 0. The van der Waals surface area contributed by atoms with Gasteiger partial charge in [0.1, 0.15) is 6.04 Å². The van der Waals surface area contributed by atoms with Crippen molar-refractivity contribution in [1.82, 2.24) is 5.32 Å². The van der Waals surface area contributed by atoms with E-state index in [9.17, 15) is 9.59 Å². The average Bonchev–Trinajstić information content (AvgIpc) is 2.34. The van der Waals surface area contributed by atoms with Crippen LogP contribution in [0.3, 0.4) is 0 Å². The molecule has 0 aliphatic carbocycles. The Hall–Kier alpha value is -1.10. The monoisotopic (exact) mass is 173 g/mol. The van der Waals surface area contributed by atoms with Crippen LogP contribution in [0, 0.1) is 0 Å². The molecule has 1 fully saturated rings. The highest BCUT2D eigenvalue weighted by molar-refractivity contribution is 5.74. The van der Waals surface area contributed by atoms with Crippen LogP contribution >= 0.6 is 0 Å². The van der Waals surface area contributed by atoms with Gasteiger partial charge in [0.2, 0.25) is 0 Å². The van der Waals surface area contributed by atoms with Gasteiger partial charge in [0.05, 0.1) is 6.42 Å². The largest absolute Gasteiger partial charge is 0.481 e. The maximum absolute atomic E-state index is 10.4. The highest BCUT2D eigenvalue weighted by Crippen LogP contribution is 2.14. The van der Waals surface area contributed by atoms with E-state index in [2.05, 4.69) is 5.32 Å². The van der Waals surface area contributed by atoms with E-state index >= 15 is 0 Å². The summed E-state index contributed by atoms with van der Waals surface area (Å²) in [6.45, 7) is 0. The first-order valence-corrected chi connectivity index (χ1v) is 3.80. The third kappa shape index (κ3) is 2.20. The van der Waals surface area contributed by atoms with Gasteiger partial charge < -0.3 is 15.5 Å². The Kier molecular flexibility index (Phi) is 2.65. The highest BCUT2D eigenvalue weighted by atomic mass is 16.4. The molecule has 0 unspecified atom stereocenters.